The minimum absolute atomic E-state index is 0.0504. The number of nitrogens with zero attached hydrogens (tertiary/aromatic N) is 1. The number of hydrogen-bond acceptors (Lipinski definition) is 3. The van der Waals surface area contributed by atoms with Gasteiger partial charge in [0.2, 0.25) is 0 Å². The summed E-state index contributed by atoms with van der Waals surface area (Å²) in [5.74, 6) is 0.460. The van der Waals surface area contributed by atoms with E-state index in [1.54, 1.807) is 31.2 Å². The van der Waals surface area contributed by atoms with Crippen LogP contribution in [0.15, 0.2) is 48.5 Å². The van der Waals surface area contributed by atoms with Crippen LogP contribution in [-0.2, 0) is 11.2 Å². The molecule has 1 aliphatic rings. The average molecular weight is 320 g/mol. The lowest BCUT2D eigenvalue weighted by Gasteiger charge is -2.27. The van der Waals surface area contributed by atoms with Gasteiger partial charge >= 0.3 is 0 Å². The summed E-state index contributed by atoms with van der Waals surface area (Å²) < 4.78 is 5.68. The molecule has 0 radical (unpaired) electrons. The zero-order valence-corrected chi connectivity index (χ0v) is 13.7. The van der Waals surface area contributed by atoms with E-state index in [4.69, 9.17) is 10.00 Å². The van der Waals surface area contributed by atoms with Crippen molar-refractivity contribution < 1.29 is 9.53 Å². The Balaban J connectivity index is 1.63. The summed E-state index contributed by atoms with van der Waals surface area (Å²) in [5, 5.41) is 11.9. The van der Waals surface area contributed by atoms with Gasteiger partial charge < -0.3 is 10.1 Å². The summed E-state index contributed by atoms with van der Waals surface area (Å²) in [5.41, 5.74) is 3.09. The van der Waals surface area contributed by atoms with E-state index in [2.05, 4.69) is 23.5 Å². The molecule has 0 saturated carbocycles. The second kappa shape index (κ2) is 7.18. The molecule has 2 aromatic rings. The molecule has 0 fully saturated rings. The lowest BCUT2D eigenvalue weighted by Crippen LogP contribution is -2.39. The number of nitrogens with one attached hydrogen (secondary N) is 1. The maximum atomic E-state index is 12.5. The Labute approximate surface area is 142 Å². The number of fused-ring (bicyclic) bond motifs is 1. The van der Waals surface area contributed by atoms with Crippen molar-refractivity contribution in [1.29, 1.82) is 5.26 Å². The van der Waals surface area contributed by atoms with Crippen LogP contribution in [0.1, 0.15) is 42.5 Å². The van der Waals surface area contributed by atoms with Crippen molar-refractivity contribution >= 4 is 5.91 Å². The molecule has 3 rings (SSSR count). The molecule has 4 nitrogen and oxygen atoms in total. The van der Waals surface area contributed by atoms with E-state index in [-0.39, 0.29) is 11.9 Å². The van der Waals surface area contributed by atoms with Gasteiger partial charge in [0.15, 0.2) is 6.10 Å². The van der Waals surface area contributed by atoms with Crippen molar-refractivity contribution in [3.63, 3.8) is 0 Å². The number of carbonyl (C=O) groups is 1. The molecule has 0 saturated heterocycles. The number of rotatable bonds is 4. The highest BCUT2D eigenvalue weighted by Crippen LogP contribution is 2.29. The summed E-state index contributed by atoms with van der Waals surface area (Å²) >= 11 is 0. The van der Waals surface area contributed by atoms with Gasteiger partial charge in [0.25, 0.3) is 5.91 Å². The fourth-order valence-electron chi connectivity index (χ4n) is 3.06. The molecular weight excluding hydrogens is 300 g/mol. The highest BCUT2D eigenvalue weighted by Gasteiger charge is 2.24. The Kier molecular flexibility index (Phi) is 4.81. The van der Waals surface area contributed by atoms with Crippen molar-refractivity contribution in [3.05, 3.63) is 65.2 Å². The fraction of sp³-hybridized carbons (Fsp3) is 0.300. The molecule has 0 bridgehead atoms. The molecule has 1 N–H and O–H groups in total. The molecule has 2 atom stereocenters. The molecule has 0 aliphatic heterocycles. The van der Waals surface area contributed by atoms with Gasteiger partial charge in [0.1, 0.15) is 5.75 Å². The third kappa shape index (κ3) is 3.57. The minimum atomic E-state index is -0.591. The first kappa shape index (κ1) is 16.1. The standard InChI is InChI=1S/C20H20N2O2/c1-14(24-17-11-9-15(13-21)10-12-17)20(23)22-19-8-4-6-16-5-2-3-7-18(16)19/h2-3,5,7,9-12,14,19H,4,6,8H2,1H3,(H,22,23)/t14-,19+/m1/s1. The Morgan fingerprint density at radius 2 is 2.00 bits per heavy atom. The van der Waals surface area contributed by atoms with Gasteiger partial charge in [0.05, 0.1) is 17.7 Å². The Morgan fingerprint density at radius 3 is 2.75 bits per heavy atom. The normalized spacial score (nSPS) is 17.2. The largest absolute Gasteiger partial charge is 0.481 e. The van der Waals surface area contributed by atoms with E-state index in [0.717, 1.165) is 19.3 Å². The first-order valence-corrected chi connectivity index (χ1v) is 8.22. The molecule has 0 unspecified atom stereocenters. The predicted molar refractivity (Wildman–Crippen MR) is 91.5 cm³/mol. The number of aryl methyl sites for hydroxylation is 1. The van der Waals surface area contributed by atoms with E-state index < -0.39 is 6.10 Å². The van der Waals surface area contributed by atoms with Crippen molar-refractivity contribution in [1.82, 2.24) is 5.32 Å². The monoisotopic (exact) mass is 320 g/mol. The predicted octanol–water partition coefficient (Wildman–Crippen LogP) is 3.52. The van der Waals surface area contributed by atoms with Crippen molar-refractivity contribution in [2.24, 2.45) is 0 Å². The lowest BCUT2D eigenvalue weighted by atomic mass is 9.87. The summed E-state index contributed by atoms with van der Waals surface area (Å²) in [7, 11) is 0. The lowest BCUT2D eigenvalue weighted by molar-refractivity contribution is -0.128. The number of ether oxygens (including phenoxy) is 1. The van der Waals surface area contributed by atoms with Crippen molar-refractivity contribution in [3.8, 4) is 11.8 Å². The van der Waals surface area contributed by atoms with Crippen LogP contribution in [0.2, 0.25) is 0 Å². The van der Waals surface area contributed by atoms with Crippen LogP contribution in [0.4, 0.5) is 0 Å². The van der Waals surface area contributed by atoms with Crippen LogP contribution in [0.5, 0.6) is 5.75 Å². The SMILES string of the molecule is C[C@@H](Oc1ccc(C#N)cc1)C(=O)N[C@H]1CCCc2ccccc21. The number of amides is 1. The number of nitriles is 1. The summed E-state index contributed by atoms with van der Waals surface area (Å²) in [6.07, 6.45) is 2.51. The minimum Gasteiger partial charge on any atom is -0.481 e. The molecule has 0 heterocycles. The average Bonchev–Trinajstić information content (AvgIpc) is 2.62. The summed E-state index contributed by atoms with van der Waals surface area (Å²) in [6, 6.07) is 17.2. The van der Waals surface area contributed by atoms with E-state index >= 15 is 0 Å². The van der Waals surface area contributed by atoms with Gasteiger partial charge in [-0.15, -0.1) is 0 Å². The number of benzene rings is 2. The zero-order chi connectivity index (χ0) is 16.9. The van der Waals surface area contributed by atoms with E-state index in [0.29, 0.717) is 11.3 Å². The van der Waals surface area contributed by atoms with Gasteiger partial charge in [-0.1, -0.05) is 24.3 Å². The van der Waals surface area contributed by atoms with Crippen LogP contribution in [0, 0.1) is 11.3 Å². The first-order chi connectivity index (χ1) is 11.7. The quantitative estimate of drug-likeness (QED) is 0.937. The Morgan fingerprint density at radius 1 is 1.25 bits per heavy atom. The Hall–Kier alpha value is -2.80. The van der Waals surface area contributed by atoms with E-state index in [9.17, 15) is 4.79 Å². The van der Waals surface area contributed by atoms with Crippen LogP contribution < -0.4 is 10.1 Å². The van der Waals surface area contributed by atoms with Crippen LogP contribution in [-0.4, -0.2) is 12.0 Å². The molecule has 0 spiro atoms. The van der Waals surface area contributed by atoms with Crippen molar-refractivity contribution in [2.75, 3.05) is 0 Å². The fourth-order valence-corrected chi connectivity index (χ4v) is 3.06. The van der Waals surface area contributed by atoms with Gasteiger partial charge in [-0.05, 0) is 61.6 Å². The van der Waals surface area contributed by atoms with Gasteiger partial charge in [-0.2, -0.15) is 5.26 Å². The zero-order valence-electron chi connectivity index (χ0n) is 13.7. The highest BCUT2D eigenvalue weighted by molar-refractivity contribution is 5.81. The molecule has 122 valence electrons. The highest BCUT2D eigenvalue weighted by atomic mass is 16.5. The topological polar surface area (TPSA) is 62.1 Å². The first-order valence-electron chi connectivity index (χ1n) is 8.22. The van der Waals surface area contributed by atoms with Gasteiger partial charge in [0, 0.05) is 0 Å². The third-order valence-corrected chi connectivity index (χ3v) is 4.35. The Bertz CT molecular complexity index is 762. The molecule has 2 aromatic carbocycles. The van der Waals surface area contributed by atoms with Gasteiger partial charge in [-0.3, -0.25) is 4.79 Å². The number of carbonyl (C=O) groups excluding carboxylic acids is 1. The second-order valence-electron chi connectivity index (χ2n) is 6.05. The maximum absolute atomic E-state index is 12.5. The molecule has 1 aliphatic carbocycles. The number of hydrogen-bond donors (Lipinski definition) is 1. The van der Waals surface area contributed by atoms with Gasteiger partial charge in [-0.25, -0.2) is 0 Å². The molecule has 4 heteroatoms. The van der Waals surface area contributed by atoms with Crippen LogP contribution in [0.25, 0.3) is 0 Å². The maximum Gasteiger partial charge on any atom is 0.261 e. The smallest absolute Gasteiger partial charge is 0.261 e. The summed E-state index contributed by atoms with van der Waals surface area (Å²) in [6.45, 7) is 1.74. The third-order valence-electron chi connectivity index (χ3n) is 4.35. The summed E-state index contributed by atoms with van der Waals surface area (Å²) in [4.78, 5) is 12.5. The molecule has 0 aromatic heterocycles. The molecule has 1 amide bonds. The molecular formula is C20H20N2O2. The van der Waals surface area contributed by atoms with E-state index in [1.807, 2.05) is 12.1 Å². The molecule has 24 heavy (non-hydrogen) atoms. The second-order valence-corrected chi connectivity index (χ2v) is 6.05. The van der Waals surface area contributed by atoms with Crippen LogP contribution in [0.3, 0.4) is 0 Å². The van der Waals surface area contributed by atoms with E-state index in [1.165, 1.54) is 11.1 Å². The van der Waals surface area contributed by atoms with Crippen molar-refractivity contribution in [2.45, 2.75) is 38.3 Å². The van der Waals surface area contributed by atoms with Crippen LogP contribution >= 0.6 is 0 Å².